The summed E-state index contributed by atoms with van der Waals surface area (Å²) < 4.78 is 5.87. The van der Waals surface area contributed by atoms with Crippen LogP contribution in [0, 0.1) is 0 Å². The summed E-state index contributed by atoms with van der Waals surface area (Å²) in [7, 11) is 0. The molecule has 1 aliphatic heterocycles. The maximum Gasteiger partial charge on any atom is 0.349 e. The minimum Gasteiger partial charge on any atom is -0.458 e. The van der Waals surface area contributed by atoms with Crippen molar-refractivity contribution in [1.82, 2.24) is 4.90 Å². The lowest BCUT2D eigenvalue weighted by Crippen LogP contribution is -2.42. The molecule has 29 heavy (non-hydrogen) atoms. The number of carbonyl (C=O) groups excluding carboxylic acids is 1. The zero-order valence-electron chi connectivity index (χ0n) is 16.6. The average molecular weight is 428 g/mol. The number of nitrogens with zero attached hydrogens (tertiary/aromatic N) is 1. The second-order valence-corrected chi connectivity index (χ2v) is 9.75. The van der Waals surface area contributed by atoms with Crippen molar-refractivity contribution in [3.05, 3.63) is 80.7 Å². The molecule has 1 aromatic carbocycles. The molecule has 1 aliphatic rings. The maximum atomic E-state index is 13.2. The Balaban J connectivity index is 1.50. The Morgan fingerprint density at radius 3 is 2.21 bits per heavy atom. The molecule has 6 heteroatoms. The second kappa shape index (κ2) is 8.03. The summed E-state index contributed by atoms with van der Waals surface area (Å²) in [6.45, 7) is 5.88. The first-order valence-corrected chi connectivity index (χ1v) is 11.5. The van der Waals surface area contributed by atoms with E-state index in [1.54, 1.807) is 12.1 Å². The predicted molar refractivity (Wildman–Crippen MR) is 117 cm³/mol. The third-order valence-corrected chi connectivity index (χ3v) is 7.70. The summed E-state index contributed by atoms with van der Waals surface area (Å²) in [5.41, 5.74) is -0.661. The van der Waals surface area contributed by atoms with Crippen LogP contribution in [0.5, 0.6) is 0 Å². The summed E-state index contributed by atoms with van der Waals surface area (Å²) >= 11 is 2.72. The minimum atomic E-state index is -1.75. The van der Waals surface area contributed by atoms with E-state index in [0.717, 1.165) is 13.0 Å². The lowest BCUT2D eigenvalue weighted by molar-refractivity contribution is -0.166. The van der Waals surface area contributed by atoms with Gasteiger partial charge in [-0.15, -0.1) is 22.7 Å². The van der Waals surface area contributed by atoms with Gasteiger partial charge in [-0.25, -0.2) is 4.79 Å². The Hall–Kier alpha value is -1.99. The van der Waals surface area contributed by atoms with E-state index in [-0.39, 0.29) is 11.6 Å². The van der Waals surface area contributed by atoms with Gasteiger partial charge in [0.05, 0.1) is 9.75 Å². The van der Waals surface area contributed by atoms with Crippen molar-refractivity contribution in [3.63, 3.8) is 0 Å². The molecule has 4 nitrogen and oxygen atoms in total. The quantitative estimate of drug-likeness (QED) is 0.584. The number of esters is 1. The Labute approximate surface area is 179 Å². The van der Waals surface area contributed by atoms with E-state index in [1.165, 1.54) is 28.2 Å². The van der Waals surface area contributed by atoms with Gasteiger partial charge in [0.15, 0.2) is 0 Å². The maximum absolute atomic E-state index is 13.2. The highest BCUT2D eigenvalue weighted by molar-refractivity contribution is 7.12. The van der Waals surface area contributed by atoms with Crippen LogP contribution in [-0.2, 0) is 20.7 Å². The number of aliphatic hydroxyl groups is 1. The highest BCUT2D eigenvalue weighted by Gasteiger charge is 2.46. The molecule has 0 amide bonds. The molecule has 0 radical (unpaired) electrons. The van der Waals surface area contributed by atoms with E-state index in [0.29, 0.717) is 16.3 Å². The summed E-state index contributed by atoms with van der Waals surface area (Å²) in [5.74, 6) is -0.591. The van der Waals surface area contributed by atoms with Crippen LogP contribution in [0.2, 0.25) is 0 Å². The Kier molecular flexibility index (Phi) is 5.62. The number of rotatable bonds is 6. The van der Waals surface area contributed by atoms with Crippen LogP contribution < -0.4 is 0 Å². The van der Waals surface area contributed by atoms with Gasteiger partial charge >= 0.3 is 5.97 Å². The molecule has 1 saturated heterocycles. The molecule has 0 saturated carbocycles. The molecule has 0 aliphatic carbocycles. The SMILES string of the molecule is CC(C)(c1ccccc1)N1CC[C@H](OC(=O)C(O)(c2cccs2)c2cccs2)C1. The highest BCUT2D eigenvalue weighted by Crippen LogP contribution is 2.38. The Bertz CT molecular complexity index is 902. The van der Waals surface area contributed by atoms with Crippen LogP contribution in [0.1, 0.15) is 35.6 Å². The number of hydrogen-bond acceptors (Lipinski definition) is 6. The molecule has 0 spiro atoms. The molecule has 0 bridgehead atoms. The molecule has 1 atom stereocenters. The molecule has 3 aromatic rings. The lowest BCUT2D eigenvalue weighted by atomic mass is 9.93. The minimum absolute atomic E-state index is 0.153. The van der Waals surface area contributed by atoms with Crippen molar-refractivity contribution in [3.8, 4) is 0 Å². The first-order valence-electron chi connectivity index (χ1n) is 9.74. The third-order valence-electron chi connectivity index (χ3n) is 5.74. The fraction of sp³-hybridized carbons (Fsp3) is 0.348. The lowest BCUT2D eigenvalue weighted by Gasteiger charge is -2.36. The van der Waals surface area contributed by atoms with E-state index >= 15 is 0 Å². The normalized spacial score (nSPS) is 18.1. The van der Waals surface area contributed by atoms with Gasteiger partial charge in [-0.3, -0.25) is 4.90 Å². The third kappa shape index (κ3) is 3.78. The van der Waals surface area contributed by atoms with Crippen LogP contribution in [0.15, 0.2) is 65.4 Å². The number of carbonyl (C=O) groups is 1. The molecule has 2 aromatic heterocycles. The molecule has 1 N–H and O–H groups in total. The second-order valence-electron chi connectivity index (χ2n) is 7.85. The van der Waals surface area contributed by atoms with Gasteiger partial charge in [0, 0.05) is 18.6 Å². The fourth-order valence-electron chi connectivity index (χ4n) is 3.89. The summed E-state index contributed by atoms with van der Waals surface area (Å²) in [5, 5.41) is 15.1. The zero-order chi connectivity index (χ0) is 20.5. The van der Waals surface area contributed by atoms with Crippen molar-refractivity contribution >= 4 is 28.6 Å². The Morgan fingerprint density at radius 1 is 1.03 bits per heavy atom. The molecular weight excluding hydrogens is 402 g/mol. The van der Waals surface area contributed by atoms with Gasteiger partial charge in [-0.2, -0.15) is 0 Å². The fourth-order valence-corrected chi connectivity index (χ4v) is 5.60. The van der Waals surface area contributed by atoms with Crippen LogP contribution >= 0.6 is 22.7 Å². The average Bonchev–Trinajstić information content (AvgIpc) is 3.50. The molecule has 152 valence electrons. The smallest absolute Gasteiger partial charge is 0.349 e. The molecular formula is C23H25NO3S2. The van der Waals surface area contributed by atoms with Crippen molar-refractivity contribution < 1.29 is 14.6 Å². The molecule has 3 heterocycles. The number of ether oxygens (including phenoxy) is 1. The number of likely N-dealkylation sites (tertiary alicyclic amines) is 1. The molecule has 4 rings (SSSR count). The summed E-state index contributed by atoms with van der Waals surface area (Å²) in [6, 6.07) is 17.6. The molecule has 1 fully saturated rings. The van der Waals surface area contributed by atoms with Gasteiger partial charge in [0.25, 0.3) is 0 Å². The van der Waals surface area contributed by atoms with Gasteiger partial charge in [0.1, 0.15) is 6.10 Å². The monoisotopic (exact) mass is 427 g/mol. The zero-order valence-corrected chi connectivity index (χ0v) is 18.2. The topological polar surface area (TPSA) is 49.8 Å². The van der Waals surface area contributed by atoms with Gasteiger partial charge in [-0.1, -0.05) is 42.5 Å². The number of benzene rings is 1. The largest absolute Gasteiger partial charge is 0.458 e. The van der Waals surface area contributed by atoms with Gasteiger partial charge < -0.3 is 9.84 Å². The van der Waals surface area contributed by atoms with Crippen LogP contribution in [0.4, 0.5) is 0 Å². The van der Waals surface area contributed by atoms with Crippen LogP contribution in [0.25, 0.3) is 0 Å². The van der Waals surface area contributed by atoms with Crippen molar-refractivity contribution in [1.29, 1.82) is 0 Å². The van der Waals surface area contributed by atoms with E-state index in [1.807, 2.05) is 41.1 Å². The number of hydrogen-bond donors (Lipinski definition) is 1. The van der Waals surface area contributed by atoms with E-state index in [2.05, 4.69) is 30.9 Å². The first-order chi connectivity index (χ1) is 13.9. The summed E-state index contributed by atoms with van der Waals surface area (Å²) in [4.78, 5) is 16.7. The van der Waals surface area contributed by atoms with Gasteiger partial charge in [-0.05, 0) is 48.7 Å². The predicted octanol–water partition coefficient (Wildman–Crippen LogP) is 4.60. The number of thiophene rings is 2. The van der Waals surface area contributed by atoms with Crippen molar-refractivity contribution in [2.24, 2.45) is 0 Å². The summed E-state index contributed by atoms with van der Waals surface area (Å²) in [6.07, 6.45) is 0.518. The standard InChI is InChI=1S/C23H25NO3S2/c1-22(2,17-8-4-3-5-9-17)24-13-12-18(16-24)27-21(25)23(26,19-10-6-14-28-19)20-11-7-15-29-20/h3-11,14-15,18,26H,12-13,16H2,1-2H3/t18-/m0/s1. The molecule has 0 unspecified atom stereocenters. The van der Waals surface area contributed by atoms with Crippen LogP contribution in [-0.4, -0.2) is 35.2 Å². The first kappa shape index (κ1) is 20.3. The van der Waals surface area contributed by atoms with Crippen LogP contribution in [0.3, 0.4) is 0 Å². The van der Waals surface area contributed by atoms with Gasteiger partial charge in [0.2, 0.25) is 5.60 Å². The Morgan fingerprint density at radius 2 is 1.66 bits per heavy atom. The van der Waals surface area contributed by atoms with Crippen molar-refractivity contribution in [2.45, 2.75) is 37.5 Å². The van der Waals surface area contributed by atoms with E-state index in [9.17, 15) is 9.90 Å². The van der Waals surface area contributed by atoms with Crippen molar-refractivity contribution in [2.75, 3.05) is 13.1 Å². The van der Waals surface area contributed by atoms with E-state index in [4.69, 9.17) is 4.74 Å². The highest BCUT2D eigenvalue weighted by atomic mass is 32.1. The van der Waals surface area contributed by atoms with E-state index < -0.39 is 11.6 Å².